The number of nitrogens with zero attached hydrogens (tertiary/aromatic N) is 3. The fourth-order valence-corrected chi connectivity index (χ4v) is 1.35. The normalized spacial score (nSPS) is 10.3. The number of nitrogens with one attached hydrogen (secondary N) is 1. The van der Waals surface area contributed by atoms with Crippen LogP contribution in [0.2, 0.25) is 0 Å². The Labute approximate surface area is 87.4 Å². The first kappa shape index (κ1) is 9.51. The first-order chi connectivity index (χ1) is 7.16. The van der Waals surface area contributed by atoms with E-state index in [9.17, 15) is 4.79 Å². The molecule has 1 amide bonds. The van der Waals surface area contributed by atoms with Crippen molar-refractivity contribution in [1.29, 1.82) is 0 Å². The molecule has 0 saturated heterocycles. The number of anilines is 1. The summed E-state index contributed by atoms with van der Waals surface area (Å²) in [5, 5.41) is 2.71. The lowest BCUT2D eigenvalue weighted by Crippen LogP contribution is -2.15. The smallest absolute Gasteiger partial charge is 0.273 e. The molecule has 0 aromatic carbocycles. The van der Waals surface area contributed by atoms with E-state index in [0.29, 0.717) is 11.5 Å². The Kier molecular flexibility index (Phi) is 2.29. The number of carbonyl (C=O) groups is 1. The summed E-state index contributed by atoms with van der Waals surface area (Å²) in [6, 6.07) is 3.59. The molecule has 0 radical (unpaired) electrons. The van der Waals surface area contributed by atoms with Crippen LogP contribution >= 0.6 is 0 Å². The third-order valence-corrected chi connectivity index (χ3v) is 2.12. The van der Waals surface area contributed by atoms with Crippen LogP contribution in [0, 0.1) is 0 Å². The lowest BCUT2D eigenvalue weighted by Gasteiger charge is -2.02. The molecule has 0 atom stereocenters. The number of hydrogen-bond donors (Lipinski definition) is 1. The summed E-state index contributed by atoms with van der Waals surface area (Å²) in [5.74, 6) is 0.407. The Morgan fingerprint density at radius 1 is 1.47 bits per heavy atom. The average Bonchev–Trinajstić information content (AvgIpc) is 2.75. The molecular formula is C10H12N4O. The van der Waals surface area contributed by atoms with Crippen molar-refractivity contribution in [1.82, 2.24) is 14.1 Å². The van der Waals surface area contributed by atoms with E-state index in [1.807, 2.05) is 26.4 Å². The molecule has 0 bridgehead atoms. The van der Waals surface area contributed by atoms with Crippen LogP contribution in [0.4, 0.5) is 5.82 Å². The third kappa shape index (κ3) is 1.90. The zero-order valence-corrected chi connectivity index (χ0v) is 8.64. The Morgan fingerprint density at radius 3 is 2.80 bits per heavy atom. The van der Waals surface area contributed by atoms with Crippen molar-refractivity contribution in [3.63, 3.8) is 0 Å². The molecule has 0 spiro atoms. The molecule has 15 heavy (non-hydrogen) atoms. The molecule has 0 aliphatic carbocycles. The number of aryl methyl sites for hydroxylation is 2. The number of hydrogen-bond acceptors (Lipinski definition) is 2. The summed E-state index contributed by atoms with van der Waals surface area (Å²) in [4.78, 5) is 15.7. The number of amides is 1. The van der Waals surface area contributed by atoms with Crippen molar-refractivity contribution in [2.45, 2.75) is 0 Å². The van der Waals surface area contributed by atoms with Gasteiger partial charge in [0.1, 0.15) is 5.69 Å². The maximum absolute atomic E-state index is 11.7. The minimum Gasteiger partial charge on any atom is -0.347 e. The molecule has 0 aliphatic heterocycles. The lowest BCUT2D eigenvalue weighted by atomic mass is 10.4. The van der Waals surface area contributed by atoms with Gasteiger partial charge in [0.2, 0.25) is 0 Å². The first-order valence-electron chi connectivity index (χ1n) is 4.57. The molecule has 2 rings (SSSR count). The van der Waals surface area contributed by atoms with Crippen molar-refractivity contribution < 1.29 is 4.79 Å². The van der Waals surface area contributed by atoms with Gasteiger partial charge in [0.15, 0.2) is 5.82 Å². The number of aromatic nitrogens is 3. The zero-order chi connectivity index (χ0) is 10.8. The summed E-state index contributed by atoms with van der Waals surface area (Å²) in [6.45, 7) is 0. The topological polar surface area (TPSA) is 51.9 Å². The van der Waals surface area contributed by atoms with Gasteiger partial charge in [-0.3, -0.25) is 4.79 Å². The fourth-order valence-electron chi connectivity index (χ4n) is 1.35. The maximum Gasteiger partial charge on any atom is 0.273 e. The van der Waals surface area contributed by atoms with Crippen LogP contribution in [-0.2, 0) is 14.1 Å². The van der Waals surface area contributed by atoms with Gasteiger partial charge in [-0.15, -0.1) is 0 Å². The molecule has 2 aromatic heterocycles. The van der Waals surface area contributed by atoms with E-state index >= 15 is 0 Å². The summed E-state index contributed by atoms with van der Waals surface area (Å²) < 4.78 is 3.54. The van der Waals surface area contributed by atoms with Crippen molar-refractivity contribution in [2.24, 2.45) is 14.1 Å². The highest BCUT2D eigenvalue weighted by Gasteiger charge is 2.09. The molecule has 78 valence electrons. The van der Waals surface area contributed by atoms with Gasteiger partial charge in [0.05, 0.1) is 6.33 Å². The van der Waals surface area contributed by atoms with Crippen molar-refractivity contribution in [2.75, 3.05) is 5.32 Å². The molecule has 1 N–H and O–H groups in total. The van der Waals surface area contributed by atoms with E-state index in [1.165, 1.54) is 0 Å². The zero-order valence-electron chi connectivity index (χ0n) is 8.64. The fraction of sp³-hybridized carbons (Fsp3) is 0.200. The second-order valence-electron chi connectivity index (χ2n) is 3.38. The van der Waals surface area contributed by atoms with Gasteiger partial charge < -0.3 is 14.5 Å². The van der Waals surface area contributed by atoms with Crippen LogP contribution in [0.1, 0.15) is 10.5 Å². The highest BCUT2D eigenvalue weighted by atomic mass is 16.2. The van der Waals surface area contributed by atoms with Crippen LogP contribution in [0.5, 0.6) is 0 Å². The van der Waals surface area contributed by atoms with Crippen LogP contribution in [0.3, 0.4) is 0 Å². The highest BCUT2D eigenvalue weighted by Crippen LogP contribution is 2.05. The number of carbonyl (C=O) groups excluding carboxylic acids is 1. The molecule has 0 unspecified atom stereocenters. The van der Waals surface area contributed by atoms with E-state index in [0.717, 1.165) is 0 Å². The minimum absolute atomic E-state index is 0.152. The Balaban J connectivity index is 2.14. The van der Waals surface area contributed by atoms with Gasteiger partial charge >= 0.3 is 0 Å². The first-order valence-corrected chi connectivity index (χ1v) is 4.57. The van der Waals surface area contributed by atoms with Crippen LogP contribution < -0.4 is 5.32 Å². The van der Waals surface area contributed by atoms with Gasteiger partial charge in [0.25, 0.3) is 5.91 Å². The summed E-state index contributed by atoms with van der Waals surface area (Å²) in [6.07, 6.45) is 5.22. The van der Waals surface area contributed by atoms with E-state index in [2.05, 4.69) is 10.3 Å². The summed E-state index contributed by atoms with van der Waals surface area (Å²) in [5.41, 5.74) is 0.612. The Bertz CT molecular complexity index is 483. The molecule has 5 heteroatoms. The second kappa shape index (κ2) is 3.61. The minimum atomic E-state index is -0.152. The summed E-state index contributed by atoms with van der Waals surface area (Å²) in [7, 11) is 3.68. The molecule has 2 heterocycles. The van der Waals surface area contributed by atoms with Crippen LogP contribution in [0.15, 0.2) is 30.9 Å². The Hall–Kier alpha value is -2.04. The number of rotatable bonds is 2. The average molecular weight is 204 g/mol. The van der Waals surface area contributed by atoms with Crippen molar-refractivity contribution in [3.8, 4) is 0 Å². The van der Waals surface area contributed by atoms with Crippen LogP contribution in [-0.4, -0.2) is 20.0 Å². The maximum atomic E-state index is 11.7. The monoisotopic (exact) mass is 204 g/mol. The standard InChI is InChI=1S/C10H12N4O/c1-13-6-9(11-7-13)12-10(15)8-4-3-5-14(8)2/h3-7H,1-2H3,(H,12,15). The van der Waals surface area contributed by atoms with E-state index in [-0.39, 0.29) is 5.91 Å². The predicted molar refractivity (Wildman–Crippen MR) is 56.6 cm³/mol. The van der Waals surface area contributed by atoms with Gasteiger partial charge in [-0.2, -0.15) is 0 Å². The summed E-state index contributed by atoms with van der Waals surface area (Å²) >= 11 is 0. The molecular weight excluding hydrogens is 192 g/mol. The van der Waals surface area contributed by atoms with E-state index in [1.54, 1.807) is 27.7 Å². The Morgan fingerprint density at radius 2 is 2.27 bits per heavy atom. The van der Waals surface area contributed by atoms with E-state index in [4.69, 9.17) is 0 Å². The number of imidazole rings is 1. The third-order valence-electron chi connectivity index (χ3n) is 2.12. The molecule has 0 fully saturated rings. The van der Waals surface area contributed by atoms with E-state index < -0.39 is 0 Å². The van der Waals surface area contributed by atoms with Gasteiger partial charge in [-0.25, -0.2) is 4.98 Å². The highest BCUT2D eigenvalue weighted by molar-refractivity contribution is 6.02. The van der Waals surface area contributed by atoms with Gasteiger partial charge in [-0.05, 0) is 12.1 Å². The molecule has 0 aliphatic rings. The van der Waals surface area contributed by atoms with Crippen LogP contribution in [0.25, 0.3) is 0 Å². The predicted octanol–water partition coefficient (Wildman–Crippen LogP) is 1.01. The second-order valence-corrected chi connectivity index (χ2v) is 3.38. The molecule has 5 nitrogen and oxygen atoms in total. The van der Waals surface area contributed by atoms with Crippen molar-refractivity contribution in [3.05, 3.63) is 36.5 Å². The van der Waals surface area contributed by atoms with Gasteiger partial charge in [-0.1, -0.05) is 0 Å². The molecule has 2 aromatic rings. The SMILES string of the molecule is Cn1cnc(NC(=O)c2cccn2C)c1. The quantitative estimate of drug-likeness (QED) is 0.793. The molecule has 0 saturated carbocycles. The van der Waals surface area contributed by atoms with Gasteiger partial charge in [0, 0.05) is 26.5 Å². The lowest BCUT2D eigenvalue weighted by molar-refractivity contribution is 0.101. The largest absolute Gasteiger partial charge is 0.347 e. The van der Waals surface area contributed by atoms with Crippen molar-refractivity contribution >= 4 is 11.7 Å².